The number of rotatable bonds is 13. The van der Waals surface area contributed by atoms with Crippen LogP contribution in [0.25, 0.3) is 22.0 Å². The second-order valence-electron chi connectivity index (χ2n) is 13.4. The highest BCUT2D eigenvalue weighted by Gasteiger charge is 2.24. The number of sulfonamides is 1. The van der Waals surface area contributed by atoms with Gasteiger partial charge in [-0.3, -0.25) is 19.7 Å². The van der Waals surface area contributed by atoms with E-state index in [4.69, 9.17) is 0 Å². The fourth-order valence-corrected chi connectivity index (χ4v) is 8.70. The Hall–Kier alpha value is -5.50. The van der Waals surface area contributed by atoms with Crippen molar-refractivity contribution in [3.8, 4) is 11.1 Å². The Kier molecular flexibility index (Phi) is 11.1. The zero-order chi connectivity index (χ0) is 37.7. The number of nitrogens with one attached hydrogen (secondary N) is 2. The van der Waals surface area contributed by atoms with Crippen LogP contribution in [-0.4, -0.2) is 66.2 Å². The molecule has 2 N–H and O–H groups in total. The van der Waals surface area contributed by atoms with Gasteiger partial charge < -0.3 is 10.2 Å². The van der Waals surface area contributed by atoms with Crippen molar-refractivity contribution in [2.24, 2.45) is 0 Å². The Labute approximate surface area is 319 Å². The first kappa shape index (κ1) is 36.8. The lowest BCUT2D eigenvalue weighted by Gasteiger charge is -2.36. The monoisotopic (exact) mass is 759 g/mol. The Balaban J connectivity index is 1.01. The highest BCUT2D eigenvalue weighted by atomic mass is 32.2. The van der Waals surface area contributed by atoms with Crippen molar-refractivity contribution in [3.05, 3.63) is 143 Å². The van der Waals surface area contributed by atoms with Gasteiger partial charge in [0.2, 0.25) is 0 Å². The highest BCUT2D eigenvalue weighted by molar-refractivity contribution is 7.99. The smallest absolute Gasteiger partial charge is 0.293 e. The van der Waals surface area contributed by atoms with E-state index >= 15 is 0 Å². The highest BCUT2D eigenvalue weighted by Crippen LogP contribution is 2.32. The lowest BCUT2D eigenvalue weighted by atomic mass is 9.99. The van der Waals surface area contributed by atoms with Crippen LogP contribution in [0.4, 0.5) is 22.9 Å². The maximum absolute atomic E-state index is 13.6. The van der Waals surface area contributed by atoms with E-state index in [9.17, 15) is 18.5 Å². The molecule has 6 aromatic rings. The molecule has 1 aromatic heterocycles. The van der Waals surface area contributed by atoms with Gasteiger partial charge >= 0.3 is 0 Å². The Bertz CT molecular complexity index is 2390. The molecule has 1 atom stereocenters. The number of nitro groups is 1. The van der Waals surface area contributed by atoms with Gasteiger partial charge in [0, 0.05) is 66.6 Å². The first-order valence-corrected chi connectivity index (χ1v) is 20.2. The molecule has 1 unspecified atom stereocenters. The van der Waals surface area contributed by atoms with Gasteiger partial charge in [0.05, 0.1) is 15.3 Å². The number of anilines is 3. The summed E-state index contributed by atoms with van der Waals surface area (Å²) in [5.41, 5.74) is 6.42. The summed E-state index contributed by atoms with van der Waals surface area (Å²) in [4.78, 5) is 25.9. The van der Waals surface area contributed by atoms with Gasteiger partial charge in [0.1, 0.15) is 12.0 Å². The van der Waals surface area contributed by atoms with E-state index in [-0.39, 0.29) is 28.1 Å². The molecule has 1 aliphatic heterocycles. The van der Waals surface area contributed by atoms with Crippen LogP contribution in [0.3, 0.4) is 0 Å². The summed E-state index contributed by atoms with van der Waals surface area (Å²) in [6, 6.07) is 36.5. The van der Waals surface area contributed by atoms with Crippen LogP contribution in [-0.2, 0) is 16.6 Å². The summed E-state index contributed by atoms with van der Waals surface area (Å²) in [5.74, 6) is 0.757. The number of nitrogens with zero attached hydrogens (tertiary/aromatic N) is 5. The van der Waals surface area contributed by atoms with Gasteiger partial charge in [-0.05, 0) is 72.5 Å². The van der Waals surface area contributed by atoms with Gasteiger partial charge in [0.15, 0.2) is 5.82 Å². The van der Waals surface area contributed by atoms with Crippen LogP contribution in [0.15, 0.2) is 131 Å². The summed E-state index contributed by atoms with van der Waals surface area (Å²) in [6.45, 7) is 8.28. The molecular weight excluding hydrogens is 719 g/mol. The van der Waals surface area contributed by atoms with Crippen LogP contribution in [0.1, 0.15) is 18.1 Å². The molecule has 0 radical (unpaired) electrons. The third kappa shape index (κ3) is 8.49. The molecule has 0 bridgehead atoms. The minimum absolute atomic E-state index is 0.0974. The van der Waals surface area contributed by atoms with E-state index in [0.717, 1.165) is 54.9 Å². The van der Waals surface area contributed by atoms with E-state index in [0.29, 0.717) is 16.7 Å². The van der Waals surface area contributed by atoms with Crippen molar-refractivity contribution in [1.82, 2.24) is 14.9 Å². The zero-order valence-electron chi connectivity index (χ0n) is 30.1. The number of piperazine rings is 1. The molecule has 7 rings (SSSR count). The molecule has 1 saturated heterocycles. The fraction of sp³-hybridized carbons (Fsp3) is 0.220. The second-order valence-corrected chi connectivity index (χ2v) is 16.1. The van der Waals surface area contributed by atoms with Crippen LogP contribution >= 0.6 is 11.8 Å². The lowest BCUT2D eigenvalue weighted by Crippen LogP contribution is -2.46. The number of aromatic nitrogens is 2. The zero-order valence-corrected chi connectivity index (χ0v) is 31.7. The van der Waals surface area contributed by atoms with Gasteiger partial charge in [-0.25, -0.2) is 18.4 Å². The molecule has 0 amide bonds. The van der Waals surface area contributed by atoms with E-state index in [1.54, 1.807) is 11.8 Å². The predicted octanol–water partition coefficient (Wildman–Crippen LogP) is 8.23. The molecule has 1 fully saturated rings. The number of hydrogen-bond donors (Lipinski definition) is 2. The van der Waals surface area contributed by atoms with Crippen molar-refractivity contribution in [1.29, 1.82) is 0 Å². The Morgan fingerprint density at radius 1 is 0.870 bits per heavy atom. The van der Waals surface area contributed by atoms with Gasteiger partial charge in [-0.2, -0.15) is 0 Å². The molecule has 0 saturated carbocycles. The maximum atomic E-state index is 13.6. The molecule has 0 spiro atoms. The number of thioether (sulfide) groups is 1. The number of nitro benzene ring substituents is 1. The molecule has 11 nitrogen and oxygen atoms in total. The van der Waals surface area contributed by atoms with E-state index in [1.165, 1.54) is 35.2 Å². The minimum atomic E-state index is -4.23. The first-order valence-electron chi connectivity index (χ1n) is 17.8. The van der Waals surface area contributed by atoms with E-state index < -0.39 is 14.9 Å². The van der Waals surface area contributed by atoms with E-state index in [1.807, 2.05) is 62.4 Å². The Morgan fingerprint density at radius 3 is 2.39 bits per heavy atom. The predicted molar refractivity (Wildman–Crippen MR) is 218 cm³/mol. The molecule has 54 heavy (non-hydrogen) atoms. The topological polar surface area (TPSA) is 134 Å². The summed E-state index contributed by atoms with van der Waals surface area (Å²) >= 11 is 1.65. The van der Waals surface area contributed by atoms with Crippen LogP contribution in [0, 0.1) is 17.0 Å². The number of aryl methyl sites for hydroxylation is 1. The third-order valence-electron chi connectivity index (χ3n) is 9.55. The maximum Gasteiger partial charge on any atom is 0.293 e. The number of hydrogen-bond acceptors (Lipinski definition) is 10. The molecule has 5 aromatic carbocycles. The van der Waals surface area contributed by atoms with Crippen molar-refractivity contribution < 1.29 is 13.3 Å². The van der Waals surface area contributed by atoms with Crippen LogP contribution in [0.2, 0.25) is 0 Å². The van der Waals surface area contributed by atoms with Gasteiger partial charge in [0.25, 0.3) is 15.7 Å². The van der Waals surface area contributed by atoms with Gasteiger partial charge in [-0.1, -0.05) is 72.8 Å². The van der Waals surface area contributed by atoms with Crippen molar-refractivity contribution in [3.63, 3.8) is 0 Å². The van der Waals surface area contributed by atoms with Crippen LogP contribution < -0.4 is 14.9 Å². The van der Waals surface area contributed by atoms with Crippen molar-refractivity contribution in [2.45, 2.75) is 36.2 Å². The molecule has 13 heteroatoms. The molecule has 276 valence electrons. The lowest BCUT2D eigenvalue weighted by molar-refractivity contribution is -0.384. The summed E-state index contributed by atoms with van der Waals surface area (Å²) in [5, 5.41) is 15.8. The minimum Gasteiger partial charge on any atom is -0.376 e. The first-order chi connectivity index (χ1) is 26.1. The van der Waals surface area contributed by atoms with Crippen molar-refractivity contribution in [2.75, 3.05) is 46.9 Å². The molecule has 0 aliphatic carbocycles. The van der Waals surface area contributed by atoms with Crippen molar-refractivity contribution >= 4 is 55.6 Å². The summed E-state index contributed by atoms with van der Waals surface area (Å²) in [6.07, 6.45) is 1.32. The quantitative estimate of drug-likeness (QED) is 0.0674. The largest absolute Gasteiger partial charge is 0.376 e. The average Bonchev–Trinajstić information content (AvgIpc) is 3.18. The molecular formula is C41H41N7O4S2. The molecule has 1 aliphatic rings. The van der Waals surface area contributed by atoms with Gasteiger partial charge in [-0.15, -0.1) is 11.8 Å². The Morgan fingerprint density at radius 2 is 1.61 bits per heavy atom. The normalized spacial score (nSPS) is 14.1. The van der Waals surface area contributed by atoms with Crippen LogP contribution in [0.5, 0.6) is 0 Å². The SMILES string of the molecule is Cc1ccccc1SCC(C)Nc1ccc(S(=O)(=O)Nc2ncnc3cc(N4CCN(Cc5ccccc5-c5ccccc5)CC4)ccc23)cc1[N+](=O)[O-]. The molecule has 2 heterocycles. The summed E-state index contributed by atoms with van der Waals surface area (Å²) in [7, 11) is -4.23. The third-order valence-corrected chi connectivity index (χ3v) is 12.3. The standard InChI is InChI=1S/C41H41N7O4S2/c1-29-10-6-9-15-40(29)53-27-30(2)44-37-19-17-34(25-39(37)48(49)50)54(51,52)45-41-36-18-16-33(24-38(36)42-28-43-41)47-22-20-46(21-23-47)26-32-13-7-8-14-35(32)31-11-4-3-5-12-31/h3-19,24-25,28,30,44H,20-23,26-27H2,1-2H3,(H,42,43,45). The number of benzene rings is 5. The average molecular weight is 760 g/mol. The summed E-state index contributed by atoms with van der Waals surface area (Å²) < 4.78 is 29.7. The van der Waals surface area contributed by atoms with E-state index in [2.05, 4.69) is 78.3 Å². The second kappa shape index (κ2) is 16.3. The number of fused-ring (bicyclic) bond motifs is 1. The fourth-order valence-electron chi connectivity index (χ4n) is 6.66.